The van der Waals surface area contributed by atoms with Gasteiger partial charge in [-0.3, -0.25) is 10.3 Å². The van der Waals surface area contributed by atoms with Crippen molar-refractivity contribution in [3.63, 3.8) is 0 Å². The molecule has 0 aromatic rings. The topological polar surface area (TPSA) is 73.3 Å². The molecule has 0 amide bonds. The van der Waals surface area contributed by atoms with Gasteiger partial charge in [0.1, 0.15) is 5.84 Å². The Labute approximate surface area is 80.2 Å². The molecule has 0 aliphatic rings. The summed E-state index contributed by atoms with van der Waals surface area (Å²) in [5.74, 6) is 0.171. The number of amidine groups is 1. The third-order valence-electron chi connectivity index (χ3n) is 2.18. The lowest BCUT2D eigenvalue weighted by atomic mass is 10.2. The van der Waals surface area contributed by atoms with Gasteiger partial charge in [0, 0.05) is 6.54 Å². The average molecular weight is 187 g/mol. The molecular formula is C9H21N3O. The van der Waals surface area contributed by atoms with Gasteiger partial charge in [-0.15, -0.1) is 0 Å². The van der Waals surface area contributed by atoms with Gasteiger partial charge in [0.25, 0.3) is 0 Å². The molecule has 0 heterocycles. The maximum atomic E-state index is 8.81. The summed E-state index contributed by atoms with van der Waals surface area (Å²) in [6, 6.07) is -0.0568. The van der Waals surface area contributed by atoms with Gasteiger partial charge < -0.3 is 10.8 Å². The number of hydrogen-bond acceptors (Lipinski definition) is 3. The lowest BCUT2D eigenvalue weighted by Crippen LogP contribution is -2.44. The predicted molar refractivity (Wildman–Crippen MR) is 54.9 cm³/mol. The third-order valence-corrected chi connectivity index (χ3v) is 2.18. The van der Waals surface area contributed by atoms with E-state index in [9.17, 15) is 0 Å². The van der Waals surface area contributed by atoms with E-state index in [1.807, 2.05) is 11.8 Å². The van der Waals surface area contributed by atoms with Crippen LogP contribution in [0.1, 0.15) is 26.7 Å². The Morgan fingerprint density at radius 3 is 2.54 bits per heavy atom. The van der Waals surface area contributed by atoms with E-state index in [0.29, 0.717) is 6.54 Å². The molecule has 4 heteroatoms. The van der Waals surface area contributed by atoms with Gasteiger partial charge in [0.15, 0.2) is 0 Å². The molecule has 1 atom stereocenters. The molecule has 0 bridgehead atoms. The van der Waals surface area contributed by atoms with Crippen LogP contribution in [0.15, 0.2) is 0 Å². The molecule has 4 N–H and O–H groups in total. The highest BCUT2D eigenvalue weighted by Crippen LogP contribution is 2.01. The summed E-state index contributed by atoms with van der Waals surface area (Å²) in [4.78, 5) is 2.03. The zero-order valence-corrected chi connectivity index (χ0v) is 8.58. The van der Waals surface area contributed by atoms with Gasteiger partial charge in [-0.2, -0.15) is 0 Å². The van der Waals surface area contributed by atoms with E-state index < -0.39 is 0 Å². The van der Waals surface area contributed by atoms with Crippen molar-refractivity contribution in [1.29, 1.82) is 5.41 Å². The van der Waals surface area contributed by atoms with E-state index in [4.69, 9.17) is 16.2 Å². The number of aliphatic hydroxyl groups is 1. The molecule has 0 aliphatic carbocycles. The second kappa shape index (κ2) is 6.86. The number of hydrogen-bond donors (Lipinski definition) is 3. The van der Waals surface area contributed by atoms with Crippen molar-refractivity contribution >= 4 is 5.84 Å². The molecule has 0 spiro atoms. The van der Waals surface area contributed by atoms with Crippen molar-refractivity contribution in [2.45, 2.75) is 32.7 Å². The predicted octanol–water partition coefficient (Wildman–Crippen LogP) is 0.405. The van der Waals surface area contributed by atoms with Crippen LogP contribution in [0.4, 0.5) is 0 Å². The SMILES string of the molecule is CCCCN(CCO)C(C)C(=N)N. The molecule has 13 heavy (non-hydrogen) atoms. The third kappa shape index (κ3) is 4.85. The average Bonchev–Trinajstić information content (AvgIpc) is 2.11. The summed E-state index contributed by atoms with van der Waals surface area (Å²) in [6.45, 7) is 5.64. The van der Waals surface area contributed by atoms with Gasteiger partial charge in [0.05, 0.1) is 12.6 Å². The Morgan fingerprint density at radius 2 is 2.15 bits per heavy atom. The molecule has 4 nitrogen and oxygen atoms in total. The molecular weight excluding hydrogens is 166 g/mol. The number of nitrogens with two attached hydrogens (primary N) is 1. The molecule has 0 saturated heterocycles. The first-order valence-electron chi connectivity index (χ1n) is 4.82. The van der Waals surface area contributed by atoms with Crippen molar-refractivity contribution in [2.24, 2.45) is 5.73 Å². The van der Waals surface area contributed by atoms with E-state index >= 15 is 0 Å². The fourth-order valence-corrected chi connectivity index (χ4v) is 1.19. The number of nitrogens with zero attached hydrogens (tertiary/aromatic N) is 1. The summed E-state index contributed by atoms with van der Waals surface area (Å²) in [5.41, 5.74) is 5.40. The Morgan fingerprint density at radius 1 is 1.54 bits per heavy atom. The van der Waals surface area contributed by atoms with Crippen molar-refractivity contribution in [2.75, 3.05) is 19.7 Å². The second-order valence-corrected chi connectivity index (χ2v) is 3.24. The molecule has 1 unspecified atom stereocenters. The maximum absolute atomic E-state index is 8.81. The molecule has 0 saturated carbocycles. The van der Waals surface area contributed by atoms with Crippen molar-refractivity contribution in [1.82, 2.24) is 4.90 Å². The van der Waals surface area contributed by atoms with Crippen LogP contribution in [-0.4, -0.2) is 41.6 Å². The van der Waals surface area contributed by atoms with Gasteiger partial charge in [-0.1, -0.05) is 13.3 Å². The minimum atomic E-state index is -0.0568. The largest absolute Gasteiger partial charge is 0.395 e. The summed E-state index contributed by atoms with van der Waals surface area (Å²) >= 11 is 0. The van der Waals surface area contributed by atoms with Crippen LogP contribution in [0.5, 0.6) is 0 Å². The van der Waals surface area contributed by atoms with Crippen LogP contribution in [0.25, 0.3) is 0 Å². The van der Waals surface area contributed by atoms with E-state index in [1.54, 1.807) is 0 Å². The number of aliphatic hydroxyl groups excluding tert-OH is 1. The first-order chi connectivity index (χ1) is 6.13. The Balaban J connectivity index is 3.98. The van der Waals surface area contributed by atoms with Crippen molar-refractivity contribution in [3.8, 4) is 0 Å². The van der Waals surface area contributed by atoms with Crippen molar-refractivity contribution < 1.29 is 5.11 Å². The zero-order valence-electron chi connectivity index (χ0n) is 8.58. The molecule has 0 rings (SSSR count). The van der Waals surface area contributed by atoms with Gasteiger partial charge in [0.2, 0.25) is 0 Å². The standard InChI is InChI=1S/C9H21N3O/c1-3-4-5-12(6-7-13)8(2)9(10)11/h8,13H,3-7H2,1-2H3,(H3,10,11). The smallest absolute Gasteiger partial charge is 0.108 e. The lowest BCUT2D eigenvalue weighted by molar-refractivity contribution is 0.181. The summed E-state index contributed by atoms with van der Waals surface area (Å²) in [5, 5.41) is 16.1. The van der Waals surface area contributed by atoms with Crippen LogP contribution in [0, 0.1) is 5.41 Å². The molecule has 0 aromatic heterocycles. The highest BCUT2D eigenvalue weighted by Gasteiger charge is 2.14. The van der Waals surface area contributed by atoms with Crippen LogP contribution in [0.2, 0.25) is 0 Å². The fraction of sp³-hybridized carbons (Fsp3) is 0.889. The molecule has 0 fully saturated rings. The number of rotatable bonds is 7. The quantitative estimate of drug-likeness (QED) is 0.399. The first kappa shape index (κ1) is 12.4. The number of unbranched alkanes of at least 4 members (excludes halogenated alkanes) is 1. The molecule has 78 valence electrons. The lowest BCUT2D eigenvalue weighted by Gasteiger charge is -2.27. The normalized spacial score (nSPS) is 13.2. The molecule has 0 aliphatic heterocycles. The van der Waals surface area contributed by atoms with Crippen molar-refractivity contribution in [3.05, 3.63) is 0 Å². The monoisotopic (exact) mass is 187 g/mol. The number of nitrogens with one attached hydrogen (secondary N) is 1. The summed E-state index contributed by atoms with van der Waals surface area (Å²) in [7, 11) is 0. The minimum absolute atomic E-state index is 0.0568. The molecule has 0 aromatic carbocycles. The Kier molecular flexibility index (Phi) is 6.54. The fourth-order valence-electron chi connectivity index (χ4n) is 1.19. The van der Waals surface area contributed by atoms with E-state index in [1.165, 1.54) is 0 Å². The van der Waals surface area contributed by atoms with E-state index in [2.05, 4.69) is 6.92 Å². The van der Waals surface area contributed by atoms with Crippen LogP contribution < -0.4 is 5.73 Å². The highest BCUT2D eigenvalue weighted by molar-refractivity contribution is 5.82. The van der Waals surface area contributed by atoms with Gasteiger partial charge in [-0.05, 0) is 19.9 Å². The first-order valence-corrected chi connectivity index (χ1v) is 4.82. The summed E-state index contributed by atoms with van der Waals surface area (Å²) in [6.07, 6.45) is 2.20. The zero-order chi connectivity index (χ0) is 10.3. The second-order valence-electron chi connectivity index (χ2n) is 3.24. The van der Waals surface area contributed by atoms with Crippen LogP contribution >= 0.6 is 0 Å². The Hall–Kier alpha value is -0.610. The Bertz CT molecular complexity index is 150. The van der Waals surface area contributed by atoms with Crippen LogP contribution in [0.3, 0.4) is 0 Å². The maximum Gasteiger partial charge on any atom is 0.108 e. The van der Waals surface area contributed by atoms with Gasteiger partial charge >= 0.3 is 0 Å². The highest BCUT2D eigenvalue weighted by atomic mass is 16.3. The van der Waals surface area contributed by atoms with E-state index in [0.717, 1.165) is 19.4 Å². The van der Waals surface area contributed by atoms with Gasteiger partial charge in [-0.25, -0.2) is 0 Å². The van der Waals surface area contributed by atoms with E-state index in [-0.39, 0.29) is 18.5 Å². The molecule has 0 radical (unpaired) electrons. The summed E-state index contributed by atoms with van der Waals surface area (Å²) < 4.78 is 0. The van der Waals surface area contributed by atoms with Crippen LogP contribution in [-0.2, 0) is 0 Å². The minimum Gasteiger partial charge on any atom is -0.395 e.